The second-order valence-electron chi connectivity index (χ2n) is 3.56. The number of hydrogen-bond donors (Lipinski definition) is 0. The molecule has 0 saturated carbocycles. The van der Waals surface area contributed by atoms with Crippen molar-refractivity contribution in [2.75, 3.05) is 0 Å². The maximum Gasteiger partial charge on any atom is 0.178 e. The third kappa shape index (κ3) is 3.29. The Morgan fingerprint density at radius 3 is 2.86 bits per heavy atom. The minimum absolute atomic E-state index is 0.0438. The number of unbranched alkanes of at least 4 members (excludes halogenated alkanes) is 2. The van der Waals surface area contributed by atoms with Crippen LogP contribution in [0.2, 0.25) is 0 Å². The summed E-state index contributed by atoms with van der Waals surface area (Å²) in [5, 5.41) is 0. The van der Waals surface area contributed by atoms with E-state index in [-0.39, 0.29) is 5.78 Å². The van der Waals surface area contributed by atoms with E-state index >= 15 is 0 Å². The average molecular weight is 191 g/mol. The molecule has 1 aromatic rings. The number of carbonyl (C=O) groups is 1. The molecule has 2 nitrogen and oxygen atoms in total. The second-order valence-corrected chi connectivity index (χ2v) is 3.56. The smallest absolute Gasteiger partial charge is 0.178 e. The van der Waals surface area contributed by atoms with Crippen molar-refractivity contribution in [3.8, 4) is 0 Å². The molecule has 0 N–H and O–H groups in total. The van der Waals surface area contributed by atoms with Crippen LogP contribution >= 0.6 is 0 Å². The highest BCUT2D eigenvalue weighted by atomic mass is 16.1. The summed E-state index contributed by atoms with van der Waals surface area (Å²) < 4.78 is 0. The molecule has 0 amide bonds. The number of pyridine rings is 1. The van der Waals surface area contributed by atoms with Gasteiger partial charge in [-0.05, 0) is 30.5 Å². The molecule has 2 heteroatoms. The Kier molecular flexibility index (Phi) is 4.30. The van der Waals surface area contributed by atoms with Crippen LogP contribution in [0.15, 0.2) is 18.3 Å². The number of Topliss-reactive ketones (excluding diaryl/α,β-unsaturated/α-hetero) is 1. The van der Waals surface area contributed by atoms with Crippen molar-refractivity contribution >= 4 is 5.78 Å². The first-order chi connectivity index (χ1) is 6.74. The topological polar surface area (TPSA) is 30.0 Å². The van der Waals surface area contributed by atoms with Gasteiger partial charge in [0, 0.05) is 13.1 Å². The van der Waals surface area contributed by atoms with Crippen molar-refractivity contribution in [2.45, 2.75) is 39.5 Å². The summed E-state index contributed by atoms with van der Waals surface area (Å²) in [4.78, 5) is 15.1. The van der Waals surface area contributed by atoms with Gasteiger partial charge in [-0.25, -0.2) is 0 Å². The number of nitrogens with zero attached hydrogens (tertiary/aromatic N) is 1. The lowest BCUT2D eigenvalue weighted by molar-refractivity contribution is 0.101. The van der Waals surface area contributed by atoms with Crippen LogP contribution in [0, 0.1) is 0 Å². The quantitative estimate of drug-likeness (QED) is 0.529. The normalized spacial score (nSPS) is 10.1. The van der Waals surface area contributed by atoms with Gasteiger partial charge in [-0.3, -0.25) is 9.78 Å². The molecule has 0 saturated heterocycles. The van der Waals surface area contributed by atoms with Crippen LogP contribution < -0.4 is 0 Å². The molecule has 0 atom stereocenters. The summed E-state index contributed by atoms with van der Waals surface area (Å²) in [5.74, 6) is 0.0438. The van der Waals surface area contributed by atoms with Crippen LogP contribution in [-0.4, -0.2) is 10.8 Å². The van der Waals surface area contributed by atoms with Gasteiger partial charge >= 0.3 is 0 Å². The van der Waals surface area contributed by atoms with Gasteiger partial charge in [-0.2, -0.15) is 0 Å². The van der Waals surface area contributed by atoms with Gasteiger partial charge in [0.2, 0.25) is 0 Å². The van der Waals surface area contributed by atoms with Gasteiger partial charge in [0.05, 0.1) is 0 Å². The Balaban J connectivity index is 2.59. The minimum atomic E-state index is 0.0438. The highest BCUT2D eigenvalue weighted by molar-refractivity contribution is 5.92. The highest BCUT2D eigenvalue weighted by Gasteiger charge is 2.01. The predicted molar refractivity (Wildman–Crippen MR) is 57.5 cm³/mol. The Labute approximate surface area is 85.4 Å². The van der Waals surface area contributed by atoms with Crippen molar-refractivity contribution in [1.82, 2.24) is 4.98 Å². The van der Waals surface area contributed by atoms with Crippen LogP contribution in [0.3, 0.4) is 0 Å². The molecule has 14 heavy (non-hydrogen) atoms. The van der Waals surface area contributed by atoms with Crippen LogP contribution in [0.25, 0.3) is 0 Å². The first-order valence-corrected chi connectivity index (χ1v) is 5.20. The molecule has 1 rings (SSSR count). The molecule has 0 aliphatic heterocycles. The SMILES string of the molecule is CCCCCc1ccnc(C(C)=O)c1. The molecule has 0 unspecified atom stereocenters. The standard InChI is InChI=1S/C12H17NO/c1-3-4-5-6-11-7-8-13-12(9-11)10(2)14/h7-9H,3-6H2,1-2H3. The summed E-state index contributed by atoms with van der Waals surface area (Å²) in [7, 11) is 0. The fourth-order valence-electron chi connectivity index (χ4n) is 1.40. The molecule has 1 aromatic heterocycles. The van der Waals surface area contributed by atoms with Gasteiger partial charge in [-0.1, -0.05) is 19.8 Å². The van der Waals surface area contributed by atoms with E-state index in [1.54, 1.807) is 13.1 Å². The number of rotatable bonds is 5. The lowest BCUT2D eigenvalue weighted by Crippen LogP contribution is -1.97. The molecule has 0 bridgehead atoms. The summed E-state index contributed by atoms with van der Waals surface area (Å²) in [6.07, 6.45) is 6.44. The fraction of sp³-hybridized carbons (Fsp3) is 0.500. The van der Waals surface area contributed by atoms with E-state index in [4.69, 9.17) is 0 Å². The van der Waals surface area contributed by atoms with Gasteiger partial charge in [-0.15, -0.1) is 0 Å². The largest absolute Gasteiger partial charge is 0.293 e. The highest BCUT2D eigenvalue weighted by Crippen LogP contribution is 2.07. The predicted octanol–water partition coefficient (Wildman–Crippen LogP) is 3.02. The second kappa shape index (κ2) is 5.53. The van der Waals surface area contributed by atoms with E-state index in [0.717, 1.165) is 6.42 Å². The third-order valence-electron chi connectivity index (χ3n) is 2.25. The number of aromatic nitrogens is 1. The Morgan fingerprint density at radius 1 is 1.43 bits per heavy atom. The van der Waals surface area contributed by atoms with E-state index in [2.05, 4.69) is 11.9 Å². The van der Waals surface area contributed by atoms with Gasteiger partial charge in [0.1, 0.15) is 5.69 Å². The summed E-state index contributed by atoms with van der Waals surface area (Å²) in [6, 6.07) is 3.89. The zero-order chi connectivity index (χ0) is 10.4. The van der Waals surface area contributed by atoms with Gasteiger partial charge < -0.3 is 0 Å². The Hall–Kier alpha value is -1.18. The molecule has 0 aromatic carbocycles. The minimum Gasteiger partial charge on any atom is -0.293 e. The maximum atomic E-state index is 11.1. The van der Waals surface area contributed by atoms with E-state index < -0.39 is 0 Å². The van der Waals surface area contributed by atoms with E-state index in [9.17, 15) is 4.79 Å². The van der Waals surface area contributed by atoms with Gasteiger partial charge in [0.15, 0.2) is 5.78 Å². The summed E-state index contributed by atoms with van der Waals surface area (Å²) in [5.41, 5.74) is 1.80. The number of hydrogen-bond acceptors (Lipinski definition) is 2. The molecule has 0 spiro atoms. The number of ketones is 1. The first kappa shape index (κ1) is 10.9. The Morgan fingerprint density at radius 2 is 2.21 bits per heavy atom. The molecule has 0 fully saturated rings. The monoisotopic (exact) mass is 191 g/mol. The van der Waals surface area contributed by atoms with E-state index in [1.165, 1.54) is 24.8 Å². The molecular weight excluding hydrogens is 174 g/mol. The zero-order valence-corrected chi connectivity index (χ0v) is 8.92. The molecule has 0 aliphatic carbocycles. The van der Waals surface area contributed by atoms with Crippen LogP contribution in [-0.2, 0) is 6.42 Å². The van der Waals surface area contributed by atoms with Crippen molar-refractivity contribution in [2.24, 2.45) is 0 Å². The van der Waals surface area contributed by atoms with Crippen LogP contribution in [0.1, 0.15) is 49.2 Å². The van der Waals surface area contributed by atoms with E-state index in [1.807, 2.05) is 12.1 Å². The zero-order valence-electron chi connectivity index (χ0n) is 8.92. The summed E-state index contributed by atoms with van der Waals surface area (Å²) >= 11 is 0. The third-order valence-corrected chi connectivity index (χ3v) is 2.25. The molecule has 76 valence electrons. The Bertz CT molecular complexity index is 307. The van der Waals surface area contributed by atoms with Crippen LogP contribution in [0.4, 0.5) is 0 Å². The number of aryl methyl sites for hydroxylation is 1. The van der Waals surface area contributed by atoms with Crippen molar-refractivity contribution in [1.29, 1.82) is 0 Å². The molecular formula is C12H17NO. The lowest BCUT2D eigenvalue weighted by Gasteiger charge is -2.01. The lowest BCUT2D eigenvalue weighted by atomic mass is 10.1. The first-order valence-electron chi connectivity index (χ1n) is 5.20. The number of carbonyl (C=O) groups excluding carboxylic acids is 1. The van der Waals surface area contributed by atoms with Crippen molar-refractivity contribution in [3.63, 3.8) is 0 Å². The average Bonchev–Trinajstić information content (AvgIpc) is 2.19. The van der Waals surface area contributed by atoms with Crippen LogP contribution in [0.5, 0.6) is 0 Å². The molecule has 0 aliphatic rings. The fourth-order valence-corrected chi connectivity index (χ4v) is 1.40. The van der Waals surface area contributed by atoms with E-state index in [0.29, 0.717) is 5.69 Å². The molecule has 1 heterocycles. The van der Waals surface area contributed by atoms with Gasteiger partial charge in [0.25, 0.3) is 0 Å². The molecule has 0 radical (unpaired) electrons. The summed E-state index contributed by atoms with van der Waals surface area (Å²) in [6.45, 7) is 3.74. The van der Waals surface area contributed by atoms with Crippen molar-refractivity contribution in [3.05, 3.63) is 29.6 Å². The maximum absolute atomic E-state index is 11.1. The van der Waals surface area contributed by atoms with Crippen molar-refractivity contribution < 1.29 is 4.79 Å².